The van der Waals surface area contributed by atoms with Crippen molar-refractivity contribution in [1.82, 2.24) is 20.1 Å². The third kappa shape index (κ3) is 4.84. The molecule has 3 aromatic rings. The van der Waals surface area contributed by atoms with E-state index in [4.69, 9.17) is 0 Å². The van der Waals surface area contributed by atoms with Gasteiger partial charge >= 0.3 is 6.03 Å². The number of carbonyl (C=O) groups excluding carboxylic acids is 2. The predicted molar refractivity (Wildman–Crippen MR) is 140 cm³/mol. The number of fused-ring (bicyclic) bond motifs is 1. The Morgan fingerprint density at radius 3 is 2.66 bits per heavy atom. The summed E-state index contributed by atoms with van der Waals surface area (Å²) in [5.41, 5.74) is 1.53. The third-order valence-electron chi connectivity index (χ3n) is 7.51. The molecule has 4 heterocycles. The summed E-state index contributed by atoms with van der Waals surface area (Å²) in [4.78, 5) is 36.4. The van der Waals surface area contributed by atoms with Gasteiger partial charge in [0.25, 0.3) is 5.91 Å². The van der Waals surface area contributed by atoms with Crippen LogP contribution in [0.4, 0.5) is 4.79 Å². The van der Waals surface area contributed by atoms with Crippen LogP contribution in [0.25, 0.3) is 10.9 Å². The number of nitrogens with zero attached hydrogens (tertiary/aromatic N) is 3. The normalized spacial score (nSPS) is 21.9. The van der Waals surface area contributed by atoms with Crippen LogP contribution in [0.1, 0.15) is 43.6 Å². The van der Waals surface area contributed by atoms with E-state index in [-0.39, 0.29) is 17.9 Å². The number of thiophene rings is 1. The van der Waals surface area contributed by atoms with Gasteiger partial charge in [-0.05, 0) is 79.8 Å². The van der Waals surface area contributed by atoms with E-state index < -0.39 is 5.54 Å². The summed E-state index contributed by atoms with van der Waals surface area (Å²) in [7, 11) is 0. The lowest BCUT2D eigenvalue weighted by molar-refractivity contribution is -0.134. The van der Waals surface area contributed by atoms with Crippen molar-refractivity contribution >= 4 is 34.2 Å². The molecule has 184 valence electrons. The highest BCUT2D eigenvalue weighted by molar-refractivity contribution is 7.09. The fraction of sp³-hybridized carbons (Fsp3) is 0.464. The van der Waals surface area contributed by atoms with Crippen molar-refractivity contribution in [3.63, 3.8) is 0 Å². The number of rotatable bonds is 8. The Bertz CT molecular complexity index is 1180. The summed E-state index contributed by atoms with van der Waals surface area (Å²) in [6, 6.07) is 14.2. The number of para-hydroxylation sites is 1. The quantitative estimate of drug-likeness (QED) is 0.447. The largest absolute Gasteiger partial charge is 0.325 e. The van der Waals surface area contributed by atoms with Crippen LogP contribution >= 0.6 is 11.3 Å². The van der Waals surface area contributed by atoms with Crippen molar-refractivity contribution in [2.45, 2.75) is 51.6 Å². The molecule has 2 aromatic heterocycles. The monoisotopic (exact) mass is 490 g/mol. The minimum absolute atomic E-state index is 0.0219. The molecule has 2 saturated heterocycles. The van der Waals surface area contributed by atoms with Gasteiger partial charge in [-0.2, -0.15) is 0 Å². The van der Waals surface area contributed by atoms with Crippen LogP contribution in [-0.4, -0.2) is 51.9 Å². The first-order chi connectivity index (χ1) is 17.0. The van der Waals surface area contributed by atoms with Crippen LogP contribution in [0.3, 0.4) is 0 Å². The van der Waals surface area contributed by atoms with Crippen LogP contribution in [-0.2, 0) is 17.8 Å². The van der Waals surface area contributed by atoms with Crippen LogP contribution in [0.5, 0.6) is 0 Å². The number of carbonyl (C=O) groups is 2. The number of pyridine rings is 1. The minimum Gasteiger partial charge on any atom is -0.323 e. The Labute approximate surface area is 211 Å². The third-order valence-corrected chi connectivity index (χ3v) is 8.45. The summed E-state index contributed by atoms with van der Waals surface area (Å²) >= 11 is 1.67. The van der Waals surface area contributed by atoms with E-state index in [0.29, 0.717) is 25.3 Å². The van der Waals surface area contributed by atoms with E-state index in [2.05, 4.69) is 59.4 Å². The molecule has 0 bridgehead atoms. The van der Waals surface area contributed by atoms with Gasteiger partial charge < -0.3 is 5.32 Å². The van der Waals surface area contributed by atoms with Crippen molar-refractivity contribution in [2.24, 2.45) is 11.8 Å². The fourth-order valence-corrected chi connectivity index (χ4v) is 6.57. The molecule has 0 spiro atoms. The SMILES string of the molecule is CC(C)CC1(C2CCN(Cc3ccnc4ccccc34)CC2)NC(=O)N(CCc2cccs2)C1=O. The van der Waals surface area contributed by atoms with Crippen LogP contribution in [0, 0.1) is 11.8 Å². The first-order valence-electron chi connectivity index (χ1n) is 12.7. The highest BCUT2D eigenvalue weighted by Gasteiger charge is 2.55. The molecule has 3 amide bonds. The number of likely N-dealkylation sites (tertiary alicyclic amines) is 1. The lowest BCUT2D eigenvalue weighted by atomic mass is 9.73. The van der Waals surface area contributed by atoms with E-state index in [1.54, 1.807) is 11.3 Å². The van der Waals surface area contributed by atoms with E-state index in [9.17, 15) is 9.59 Å². The van der Waals surface area contributed by atoms with E-state index in [1.165, 1.54) is 20.7 Å². The second kappa shape index (κ2) is 10.1. The molecule has 2 aliphatic rings. The molecule has 1 unspecified atom stereocenters. The summed E-state index contributed by atoms with van der Waals surface area (Å²) in [6.07, 6.45) is 5.10. The number of benzene rings is 1. The molecule has 0 aliphatic carbocycles. The number of hydrogen-bond donors (Lipinski definition) is 1. The molecular weight excluding hydrogens is 456 g/mol. The first kappa shape index (κ1) is 23.9. The smallest absolute Gasteiger partial charge is 0.323 e. The maximum absolute atomic E-state index is 13.8. The second-order valence-corrected chi connectivity index (χ2v) is 11.4. The van der Waals surface area contributed by atoms with Gasteiger partial charge in [-0.3, -0.25) is 19.6 Å². The van der Waals surface area contributed by atoms with Crippen molar-refractivity contribution in [1.29, 1.82) is 0 Å². The van der Waals surface area contributed by atoms with Crippen LogP contribution in [0.2, 0.25) is 0 Å². The molecule has 35 heavy (non-hydrogen) atoms. The number of imide groups is 1. The lowest BCUT2D eigenvalue weighted by Crippen LogP contribution is -2.56. The zero-order chi connectivity index (χ0) is 24.4. The predicted octanol–water partition coefficient (Wildman–Crippen LogP) is 5.09. The Morgan fingerprint density at radius 1 is 1.11 bits per heavy atom. The van der Waals surface area contributed by atoms with Crippen molar-refractivity contribution < 1.29 is 9.59 Å². The van der Waals surface area contributed by atoms with Crippen molar-refractivity contribution in [3.8, 4) is 0 Å². The molecule has 6 nitrogen and oxygen atoms in total. The van der Waals surface area contributed by atoms with Crippen LogP contribution in [0.15, 0.2) is 54.0 Å². The average Bonchev–Trinajstić information content (AvgIpc) is 3.45. The molecule has 5 rings (SSSR count). The molecule has 0 saturated carbocycles. The second-order valence-electron chi connectivity index (χ2n) is 10.3. The van der Waals surface area contributed by atoms with E-state index >= 15 is 0 Å². The minimum atomic E-state index is -0.782. The Morgan fingerprint density at radius 2 is 1.91 bits per heavy atom. The van der Waals surface area contributed by atoms with Gasteiger partial charge in [-0.25, -0.2) is 4.79 Å². The van der Waals surface area contributed by atoms with Crippen LogP contribution < -0.4 is 5.32 Å². The molecule has 1 aromatic carbocycles. The number of nitrogens with one attached hydrogen (secondary N) is 1. The summed E-state index contributed by atoms with van der Waals surface area (Å²) in [5.74, 6) is 0.447. The zero-order valence-electron chi connectivity index (χ0n) is 20.6. The molecule has 0 radical (unpaired) electrons. The number of urea groups is 1. The van der Waals surface area contributed by atoms with E-state index in [1.807, 2.05) is 23.7 Å². The van der Waals surface area contributed by atoms with Gasteiger partial charge in [-0.15, -0.1) is 11.3 Å². The topological polar surface area (TPSA) is 65.5 Å². The van der Waals surface area contributed by atoms with Crippen molar-refractivity contribution in [2.75, 3.05) is 19.6 Å². The first-order valence-corrected chi connectivity index (χ1v) is 13.6. The molecule has 7 heteroatoms. The number of piperidine rings is 1. The zero-order valence-corrected chi connectivity index (χ0v) is 21.4. The summed E-state index contributed by atoms with van der Waals surface area (Å²) in [6.45, 7) is 7.43. The van der Waals surface area contributed by atoms with Gasteiger partial charge in [0.1, 0.15) is 5.54 Å². The maximum Gasteiger partial charge on any atom is 0.325 e. The molecule has 1 atom stereocenters. The highest BCUT2D eigenvalue weighted by Crippen LogP contribution is 2.38. The fourth-order valence-electron chi connectivity index (χ4n) is 5.87. The standard InChI is InChI=1S/C28H34N4O2S/c1-20(2)18-28(26(33)32(27(34)30-28)16-12-23-6-5-17-35-23)22-10-14-31(15-11-22)19-21-9-13-29-25-8-4-3-7-24(21)25/h3-9,13,17,20,22H,10-12,14-16,18-19H2,1-2H3,(H,30,34). The lowest BCUT2D eigenvalue weighted by Gasteiger charge is -2.41. The average molecular weight is 491 g/mol. The Balaban J connectivity index is 1.28. The van der Waals surface area contributed by atoms with Crippen molar-refractivity contribution in [3.05, 3.63) is 64.5 Å². The van der Waals surface area contributed by atoms with Gasteiger partial charge in [-0.1, -0.05) is 38.1 Å². The molecule has 1 N–H and O–H groups in total. The van der Waals surface area contributed by atoms with E-state index in [0.717, 1.165) is 38.0 Å². The highest BCUT2D eigenvalue weighted by atomic mass is 32.1. The maximum atomic E-state index is 13.8. The molecule has 2 fully saturated rings. The molecular formula is C28H34N4O2S. The van der Waals surface area contributed by atoms with Gasteiger partial charge in [0.05, 0.1) is 5.52 Å². The summed E-state index contributed by atoms with van der Waals surface area (Å²) in [5, 5.41) is 6.44. The van der Waals surface area contributed by atoms with Gasteiger partial charge in [0.15, 0.2) is 0 Å². The summed E-state index contributed by atoms with van der Waals surface area (Å²) < 4.78 is 0. The van der Waals surface area contributed by atoms with Gasteiger partial charge in [0, 0.05) is 29.5 Å². The molecule has 2 aliphatic heterocycles. The Kier molecular flexibility index (Phi) is 6.89. The number of hydrogen-bond acceptors (Lipinski definition) is 5. The number of amides is 3. The Hall–Kier alpha value is -2.77. The van der Waals surface area contributed by atoms with Gasteiger partial charge in [0.2, 0.25) is 0 Å². The number of aromatic nitrogens is 1.